The number of aliphatic hydroxyl groups is 3. The van der Waals surface area contributed by atoms with Crippen LogP contribution in [0.4, 0.5) is 0 Å². The Morgan fingerprint density at radius 1 is 1.20 bits per heavy atom. The van der Waals surface area contributed by atoms with Crippen LogP contribution in [-0.2, 0) is 9.59 Å². The van der Waals surface area contributed by atoms with E-state index in [1.54, 1.807) is 0 Å². The highest BCUT2D eigenvalue weighted by molar-refractivity contribution is 5.81. The highest BCUT2D eigenvalue weighted by Gasteiger charge is 2.31. The molecule has 0 aromatic rings. The van der Waals surface area contributed by atoms with E-state index in [1.807, 2.05) is 5.32 Å². The molecule has 0 spiro atoms. The fraction of sp³-hybridized carbons (Fsp3) is 0.750. The van der Waals surface area contributed by atoms with Gasteiger partial charge in [-0.2, -0.15) is 0 Å². The second kappa shape index (κ2) is 9.55. The van der Waals surface area contributed by atoms with Crippen molar-refractivity contribution in [1.29, 1.82) is 0 Å². The molecule has 20 heavy (non-hydrogen) atoms. The van der Waals surface area contributed by atoms with Crippen molar-refractivity contribution in [3.05, 3.63) is 20.9 Å². The van der Waals surface area contributed by atoms with Gasteiger partial charge in [0.05, 0.1) is 12.6 Å². The van der Waals surface area contributed by atoms with Crippen LogP contribution in [-0.4, -0.2) is 65.0 Å². The Bertz CT molecular complexity index is 431. The van der Waals surface area contributed by atoms with Gasteiger partial charge in [0.25, 0.3) is 0 Å². The molecule has 12 nitrogen and oxygen atoms in total. The van der Waals surface area contributed by atoms with Crippen molar-refractivity contribution in [2.24, 2.45) is 10.2 Å². The Labute approximate surface area is 112 Å². The van der Waals surface area contributed by atoms with Gasteiger partial charge in [0, 0.05) is 9.82 Å². The number of amides is 1. The highest BCUT2D eigenvalue weighted by atomic mass is 16.4. The number of rotatable bonds is 9. The average Bonchev–Trinajstić information content (AvgIpc) is 2.46. The Balaban J connectivity index is 4.62. The van der Waals surface area contributed by atoms with Gasteiger partial charge in [0.2, 0.25) is 5.91 Å². The number of azide groups is 2. The molecule has 110 valence electrons. The Hall–Kier alpha value is -2.36. The van der Waals surface area contributed by atoms with Crippen LogP contribution < -0.4 is 5.32 Å². The van der Waals surface area contributed by atoms with Crippen LogP contribution in [0.3, 0.4) is 0 Å². The number of hydrogen-bond acceptors (Lipinski definition) is 7. The zero-order chi connectivity index (χ0) is 15.5. The van der Waals surface area contributed by atoms with Crippen molar-refractivity contribution in [1.82, 2.24) is 5.32 Å². The molecule has 0 aromatic carbocycles. The average molecular weight is 287 g/mol. The third-order valence-electron chi connectivity index (χ3n) is 2.20. The molecule has 0 aromatic heterocycles. The van der Waals surface area contributed by atoms with Gasteiger partial charge in [-0.25, -0.2) is 0 Å². The fourth-order valence-electron chi connectivity index (χ4n) is 1.20. The van der Waals surface area contributed by atoms with Crippen LogP contribution in [0.2, 0.25) is 0 Å². The molecular weight excluding hydrogens is 274 g/mol. The highest BCUT2D eigenvalue weighted by Crippen LogP contribution is 2.05. The van der Waals surface area contributed by atoms with Crippen LogP contribution in [0, 0.1) is 0 Å². The maximum atomic E-state index is 11.2. The first-order valence-corrected chi connectivity index (χ1v) is 5.28. The molecule has 0 saturated heterocycles. The maximum Gasteiger partial charge on any atom is 0.226 e. The first-order valence-electron chi connectivity index (χ1n) is 5.28. The minimum Gasteiger partial charge on any atom is -0.390 e. The van der Waals surface area contributed by atoms with Crippen LogP contribution in [0.1, 0.15) is 0 Å². The van der Waals surface area contributed by atoms with Crippen molar-refractivity contribution in [2.75, 3.05) is 13.1 Å². The van der Waals surface area contributed by atoms with Gasteiger partial charge in [-0.05, 0) is 11.1 Å². The molecule has 12 heteroatoms. The van der Waals surface area contributed by atoms with Gasteiger partial charge >= 0.3 is 0 Å². The summed E-state index contributed by atoms with van der Waals surface area (Å²) in [5, 5.41) is 36.5. The summed E-state index contributed by atoms with van der Waals surface area (Å²) in [7, 11) is 0. The Kier molecular flexibility index (Phi) is 8.43. The monoisotopic (exact) mass is 287 g/mol. The second-order valence-corrected chi connectivity index (χ2v) is 3.58. The molecule has 0 heterocycles. The Morgan fingerprint density at radius 3 is 2.30 bits per heavy atom. The van der Waals surface area contributed by atoms with Crippen LogP contribution in [0.25, 0.3) is 20.9 Å². The number of aliphatic hydroxyl groups excluding tert-OH is 3. The summed E-state index contributed by atoms with van der Waals surface area (Å²) >= 11 is 0. The lowest BCUT2D eigenvalue weighted by Gasteiger charge is -2.26. The van der Waals surface area contributed by atoms with Crippen molar-refractivity contribution in [3.8, 4) is 0 Å². The summed E-state index contributed by atoms with van der Waals surface area (Å²) in [6.07, 6.45) is -5.12. The third-order valence-corrected chi connectivity index (χ3v) is 2.20. The molecule has 4 N–H and O–H groups in total. The first-order chi connectivity index (χ1) is 9.47. The minimum atomic E-state index is -1.83. The van der Waals surface area contributed by atoms with E-state index in [-0.39, 0.29) is 6.29 Å². The lowest BCUT2D eigenvalue weighted by atomic mass is 10.0. The van der Waals surface area contributed by atoms with E-state index in [0.717, 1.165) is 0 Å². The minimum absolute atomic E-state index is 0.141. The van der Waals surface area contributed by atoms with Gasteiger partial charge < -0.3 is 25.4 Å². The molecule has 0 bridgehead atoms. The van der Waals surface area contributed by atoms with Crippen molar-refractivity contribution in [3.63, 3.8) is 0 Å². The molecule has 1 amide bonds. The van der Waals surface area contributed by atoms with Crippen LogP contribution in [0.5, 0.6) is 0 Å². The standard InChI is InChI=1S/C8H13N7O5/c9-14-11-1-5(17)8(20)7(19)4(3-16)13-6(18)2-12-15-10/h3-5,7-8,17,19-20H,1-2H2,(H,13,18)/t4-,5+,7+,8+/m0/s1. The summed E-state index contributed by atoms with van der Waals surface area (Å²) in [5.41, 5.74) is 16.0. The molecule has 0 fully saturated rings. The van der Waals surface area contributed by atoms with E-state index in [2.05, 4.69) is 20.1 Å². The number of nitrogens with one attached hydrogen (secondary N) is 1. The molecule has 0 saturated carbocycles. The number of nitrogens with zero attached hydrogens (tertiary/aromatic N) is 6. The predicted molar refractivity (Wildman–Crippen MR) is 64.0 cm³/mol. The fourth-order valence-corrected chi connectivity index (χ4v) is 1.20. The summed E-state index contributed by atoms with van der Waals surface area (Å²) in [6.45, 7) is -1.11. The molecule has 4 atom stereocenters. The van der Waals surface area contributed by atoms with Gasteiger partial charge in [-0.3, -0.25) is 4.79 Å². The molecule has 0 aliphatic heterocycles. The summed E-state index contributed by atoms with van der Waals surface area (Å²) in [6, 6.07) is -1.52. The van der Waals surface area contributed by atoms with E-state index in [1.165, 1.54) is 0 Å². The molecule has 0 radical (unpaired) electrons. The number of carbonyl (C=O) groups excluding carboxylic acids is 2. The number of carbonyl (C=O) groups is 2. The molecule has 0 aliphatic rings. The first kappa shape index (κ1) is 17.6. The summed E-state index contributed by atoms with van der Waals surface area (Å²) in [4.78, 5) is 26.6. The quantitative estimate of drug-likeness (QED) is 0.170. The van der Waals surface area contributed by atoms with Crippen LogP contribution in [0.15, 0.2) is 10.2 Å². The van der Waals surface area contributed by atoms with Gasteiger partial charge in [0.1, 0.15) is 31.1 Å². The molecular formula is C8H13N7O5. The maximum absolute atomic E-state index is 11.2. The van der Waals surface area contributed by atoms with E-state index in [0.29, 0.717) is 0 Å². The number of aldehydes is 1. The SMILES string of the molecule is [N-]=[N+]=NCC(=O)N[C@@H](C=O)[C@@H](O)[C@H](O)[C@H](O)CN=[N+]=[N-]. The van der Waals surface area contributed by atoms with Crippen molar-refractivity contribution < 1.29 is 24.9 Å². The van der Waals surface area contributed by atoms with Crippen molar-refractivity contribution in [2.45, 2.75) is 24.4 Å². The van der Waals surface area contributed by atoms with Gasteiger partial charge in [-0.15, -0.1) is 0 Å². The summed E-state index contributed by atoms with van der Waals surface area (Å²) < 4.78 is 0. The van der Waals surface area contributed by atoms with Crippen molar-refractivity contribution >= 4 is 12.2 Å². The molecule has 0 unspecified atom stereocenters. The topological polar surface area (TPSA) is 204 Å². The normalized spacial score (nSPS) is 15.8. The Morgan fingerprint density at radius 2 is 1.80 bits per heavy atom. The zero-order valence-electron chi connectivity index (χ0n) is 10.1. The largest absolute Gasteiger partial charge is 0.390 e. The predicted octanol–water partition coefficient (Wildman–Crippen LogP) is -1.63. The molecule has 0 rings (SSSR count). The number of hydrogen-bond donors (Lipinski definition) is 4. The lowest BCUT2D eigenvalue weighted by Crippen LogP contribution is -2.53. The van der Waals surface area contributed by atoms with E-state index in [9.17, 15) is 24.9 Å². The third kappa shape index (κ3) is 6.00. The van der Waals surface area contributed by atoms with Gasteiger partial charge in [0.15, 0.2) is 0 Å². The van der Waals surface area contributed by atoms with E-state index in [4.69, 9.17) is 11.1 Å². The van der Waals surface area contributed by atoms with Gasteiger partial charge in [-0.1, -0.05) is 10.2 Å². The molecule has 0 aliphatic carbocycles. The zero-order valence-corrected chi connectivity index (χ0v) is 10.1. The van der Waals surface area contributed by atoms with E-state index >= 15 is 0 Å². The van der Waals surface area contributed by atoms with E-state index < -0.39 is 43.4 Å². The smallest absolute Gasteiger partial charge is 0.226 e. The summed E-state index contributed by atoms with van der Waals surface area (Å²) in [5.74, 6) is -0.851. The van der Waals surface area contributed by atoms with Crippen LogP contribution >= 0.6 is 0 Å². The lowest BCUT2D eigenvalue weighted by molar-refractivity contribution is -0.128. The second-order valence-electron chi connectivity index (χ2n) is 3.58.